The maximum atomic E-state index is 14.1. The number of nitrogens with one attached hydrogen (secondary N) is 2. The van der Waals surface area contributed by atoms with Crippen molar-refractivity contribution < 1.29 is 36.6 Å². The molecule has 0 bridgehead atoms. The fourth-order valence-electron chi connectivity index (χ4n) is 4.44. The SMILES string of the molecule is CC(C)(C)OC(=O)NCCCN(CCCNC(=O)OC(C)(C)C)c1nc(N2CCC(F)(F)C2)nc(N2CCC(F)(F)C2)n1. The van der Waals surface area contributed by atoms with Gasteiger partial charge in [0.1, 0.15) is 11.2 Å². The van der Waals surface area contributed by atoms with E-state index in [1.165, 1.54) is 9.80 Å². The molecule has 3 rings (SSSR count). The number of hydrogen-bond acceptors (Lipinski definition) is 10. The van der Waals surface area contributed by atoms with Crippen LogP contribution in [0, 0.1) is 0 Å². The first-order chi connectivity index (χ1) is 19.8. The molecule has 2 amide bonds. The van der Waals surface area contributed by atoms with Gasteiger partial charge in [-0.25, -0.2) is 27.2 Å². The van der Waals surface area contributed by atoms with Crippen LogP contribution in [0.2, 0.25) is 0 Å². The van der Waals surface area contributed by atoms with Crippen molar-refractivity contribution in [3.63, 3.8) is 0 Å². The van der Waals surface area contributed by atoms with Gasteiger partial charge in [-0.05, 0) is 54.4 Å². The normalized spacial score (nSPS) is 18.0. The molecule has 2 N–H and O–H groups in total. The van der Waals surface area contributed by atoms with Crippen LogP contribution in [-0.4, -0.2) is 103 Å². The van der Waals surface area contributed by atoms with Gasteiger partial charge in [0.15, 0.2) is 0 Å². The van der Waals surface area contributed by atoms with Gasteiger partial charge in [0.2, 0.25) is 17.8 Å². The van der Waals surface area contributed by atoms with Crippen LogP contribution in [0.5, 0.6) is 0 Å². The first kappa shape index (κ1) is 34.2. The average Bonchev–Trinajstić information content (AvgIpc) is 3.41. The number of halogens is 4. The van der Waals surface area contributed by atoms with Gasteiger partial charge < -0.3 is 34.8 Å². The second-order valence-electron chi connectivity index (χ2n) is 12.8. The van der Waals surface area contributed by atoms with E-state index in [0.29, 0.717) is 25.9 Å². The number of hydrogen-bond donors (Lipinski definition) is 2. The van der Waals surface area contributed by atoms with Crippen LogP contribution in [0.15, 0.2) is 0 Å². The van der Waals surface area contributed by atoms with Crippen LogP contribution >= 0.6 is 0 Å². The Labute approximate surface area is 249 Å². The summed E-state index contributed by atoms with van der Waals surface area (Å²) in [5, 5.41) is 5.37. The monoisotopic (exact) mass is 620 g/mol. The zero-order valence-electron chi connectivity index (χ0n) is 25.8. The molecule has 1 aromatic rings. The Kier molecular flexibility index (Phi) is 10.8. The average molecular weight is 621 g/mol. The van der Waals surface area contributed by atoms with Gasteiger partial charge in [-0.2, -0.15) is 15.0 Å². The second kappa shape index (κ2) is 13.5. The standard InChI is InChI=1S/C27H44F4N8O4/c1-24(2,3)42-22(40)32-11-7-13-37(14-8-12-33-23(41)43-25(4,5)6)19-34-20(38-15-9-26(28,29)17-38)36-21(35-19)39-16-10-27(30,31)18-39/h7-18H2,1-6H3,(H,32,40)(H,33,41). The summed E-state index contributed by atoms with van der Waals surface area (Å²) in [6.07, 6.45) is -1.04. The molecule has 2 aliphatic rings. The number of anilines is 3. The molecule has 1 aromatic heterocycles. The third-order valence-electron chi connectivity index (χ3n) is 6.33. The molecular weight excluding hydrogens is 576 g/mol. The highest BCUT2D eigenvalue weighted by Crippen LogP contribution is 2.33. The summed E-state index contributed by atoms with van der Waals surface area (Å²) in [6.45, 7) is 10.5. The number of carbonyl (C=O) groups excluding carboxylic acids is 2. The molecular formula is C27H44F4N8O4. The minimum atomic E-state index is -2.92. The van der Waals surface area contributed by atoms with Gasteiger partial charge in [0.25, 0.3) is 11.8 Å². The zero-order chi connectivity index (χ0) is 32.1. The Morgan fingerprint density at radius 3 is 1.49 bits per heavy atom. The predicted octanol–water partition coefficient (Wildman–Crippen LogP) is 4.20. The Morgan fingerprint density at radius 1 is 0.767 bits per heavy atom. The minimum Gasteiger partial charge on any atom is -0.444 e. The number of rotatable bonds is 11. The number of ether oxygens (including phenoxy) is 2. The number of alkyl halides is 4. The largest absolute Gasteiger partial charge is 0.444 e. The van der Waals surface area contributed by atoms with Crippen LogP contribution in [0.3, 0.4) is 0 Å². The van der Waals surface area contributed by atoms with Crippen molar-refractivity contribution in [3.05, 3.63) is 0 Å². The van der Waals surface area contributed by atoms with E-state index in [1.54, 1.807) is 46.4 Å². The number of carbonyl (C=O) groups is 2. The van der Waals surface area contributed by atoms with E-state index in [1.807, 2.05) is 0 Å². The van der Waals surface area contributed by atoms with Crippen molar-refractivity contribution >= 4 is 30.0 Å². The molecule has 12 nitrogen and oxygen atoms in total. The lowest BCUT2D eigenvalue weighted by Gasteiger charge is -2.27. The zero-order valence-corrected chi connectivity index (χ0v) is 25.8. The summed E-state index contributed by atoms with van der Waals surface area (Å²) in [5.74, 6) is -5.76. The van der Waals surface area contributed by atoms with Crippen molar-refractivity contribution in [2.45, 2.75) is 90.3 Å². The van der Waals surface area contributed by atoms with E-state index in [9.17, 15) is 27.2 Å². The van der Waals surface area contributed by atoms with Crippen molar-refractivity contribution in [2.24, 2.45) is 0 Å². The Bertz CT molecular complexity index is 1030. The van der Waals surface area contributed by atoms with Crippen molar-refractivity contribution in [3.8, 4) is 0 Å². The second-order valence-corrected chi connectivity index (χ2v) is 12.8. The molecule has 0 radical (unpaired) electrons. The Morgan fingerprint density at radius 2 is 1.16 bits per heavy atom. The molecule has 0 atom stereocenters. The van der Waals surface area contributed by atoms with Crippen molar-refractivity contribution in [2.75, 3.05) is 67.1 Å². The fourth-order valence-corrected chi connectivity index (χ4v) is 4.44. The molecule has 244 valence electrons. The Hall–Kier alpha value is -3.33. The van der Waals surface area contributed by atoms with Crippen LogP contribution in [0.4, 0.5) is 45.0 Å². The van der Waals surface area contributed by atoms with Gasteiger partial charge in [-0.15, -0.1) is 0 Å². The van der Waals surface area contributed by atoms with Crippen LogP contribution in [0.25, 0.3) is 0 Å². The topological polar surface area (TPSA) is 125 Å². The molecule has 0 aliphatic carbocycles. The number of amides is 2. The van der Waals surface area contributed by atoms with E-state index < -0.39 is 48.3 Å². The molecule has 0 saturated carbocycles. The fraction of sp³-hybridized carbons (Fsp3) is 0.815. The highest BCUT2D eigenvalue weighted by molar-refractivity contribution is 5.68. The highest BCUT2D eigenvalue weighted by atomic mass is 19.3. The summed E-state index contributed by atoms with van der Waals surface area (Å²) < 4.78 is 66.8. The van der Waals surface area contributed by atoms with Gasteiger partial charge in [0.05, 0.1) is 13.1 Å². The van der Waals surface area contributed by atoms with Gasteiger partial charge in [-0.1, -0.05) is 0 Å². The summed E-state index contributed by atoms with van der Waals surface area (Å²) in [7, 11) is 0. The van der Waals surface area contributed by atoms with Crippen molar-refractivity contribution in [1.29, 1.82) is 0 Å². The van der Waals surface area contributed by atoms with Gasteiger partial charge in [-0.3, -0.25) is 0 Å². The maximum absolute atomic E-state index is 14.1. The number of alkyl carbamates (subject to hydrolysis) is 2. The van der Waals surface area contributed by atoms with E-state index in [4.69, 9.17) is 9.47 Å². The van der Waals surface area contributed by atoms with E-state index in [-0.39, 0.29) is 56.9 Å². The van der Waals surface area contributed by atoms with E-state index in [2.05, 4.69) is 25.6 Å². The maximum Gasteiger partial charge on any atom is 0.407 e. The van der Waals surface area contributed by atoms with Crippen LogP contribution in [0.1, 0.15) is 67.2 Å². The quantitative estimate of drug-likeness (QED) is 0.275. The van der Waals surface area contributed by atoms with Gasteiger partial charge >= 0.3 is 12.2 Å². The Balaban J connectivity index is 1.79. The summed E-state index contributed by atoms with van der Waals surface area (Å²) >= 11 is 0. The highest BCUT2D eigenvalue weighted by Gasteiger charge is 2.42. The first-order valence-corrected chi connectivity index (χ1v) is 14.5. The number of aromatic nitrogens is 3. The summed E-state index contributed by atoms with van der Waals surface area (Å²) in [4.78, 5) is 41.8. The third-order valence-corrected chi connectivity index (χ3v) is 6.33. The van der Waals surface area contributed by atoms with E-state index >= 15 is 0 Å². The molecule has 0 spiro atoms. The molecule has 16 heteroatoms. The summed E-state index contributed by atoms with van der Waals surface area (Å²) in [5.41, 5.74) is -1.32. The lowest BCUT2D eigenvalue weighted by atomic mass is 10.2. The van der Waals surface area contributed by atoms with Gasteiger partial charge in [0, 0.05) is 52.1 Å². The smallest absolute Gasteiger partial charge is 0.407 e. The van der Waals surface area contributed by atoms with E-state index in [0.717, 1.165) is 0 Å². The predicted molar refractivity (Wildman–Crippen MR) is 153 cm³/mol. The molecule has 43 heavy (non-hydrogen) atoms. The minimum absolute atomic E-state index is 0.00562. The molecule has 3 heterocycles. The summed E-state index contributed by atoms with van der Waals surface area (Å²) in [6, 6.07) is 0. The number of nitrogens with zero attached hydrogens (tertiary/aromatic N) is 6. The lowest BCUT2D eigenvalue weighted by Crippen LogP contribution is -2.37. The molecule has 2 aliphatic heterocycles. The van der Waals surface area contributed by atoms with Crippen molar-refractivity contribution in [1.82, 2.24) is 25.6 Å². The third kappa shape index (κ3) is 11.7. The molecule has 0 aromatic carbocycles. The van der Waals surface area contributed by atoms with Crippen LogP contribution in [-0.2, 0) is 9.47 Å². The molecule has 2 fully saturated rings. The molecule has 2 saturated heterocycles. The molecule has 0 unspecified atom stereocenters. The van der Waals surface area contributed by atoms with Crippen LogP contribution < -0.4 is 25.3 Å². The first-order valence-electron chi connectivity index (χ1n) is 14.5. The lowest BCUT2D eigenvalue weighted by molar-refractivity contribution is 0.0250.